The van der Waals surface area contributed by atoms with Crippen LogP contribution in [0, 0.1) is 13.8 Å². The third-order valence-electron chi connectivity index (χ3n) is 5.10. The van der Waals surface area contributed by atoms with Crippen LogP contribution in [0.2, 0.25) is 5.02 Å². The zero-order chi connectivity index (χ0) is 20.3. The average molecular weight is 403 g/mol. The highest BCUT2D eigenvalue weighted by atomic mass is 35.5. The molecule has 5 nitrogen and oxygen atoms in total. The summed E-state index contributed by atoms with van der Waals surface area (Å²) in [6.07, 6.45) is -0.535. The molecule has 0 N–H and O–H groups in total. The average Bonchev–Trinajstić information content (AvgIpc) is 2.71. The van der Waals surface area contributed by atoms with Crippen LogP contribution in [0.1, 0.15) is 18.1 Å². The van der Waals surface area contributed by atoms with Gasteiger partial charge in [0.1, 0.15) is 11.5 Å². The summed E-state index contributed by atoms with van der Waals surface area (Å²) >= 11 is 6.21. The molecule has 2 aromatic rings. The number of methoxy groups -OCH3 is 1. The number of amides is 1. The van der Waals surface area contributed by atoms with Gasteiger partial charge in [0, 0.05) is 36.9 Å². The lowest BCUT2D eigenvalue weighted by Gasteiger charge is -2.37. The Bertz CT molecular complexity index is 807. The first-order chi connectivity index (χ1) is 13.4. The first kappa shape index (κ1) is 20.3. The predicted octanol–water partition coefficient (Wildman–Crippen LogP) is 4.08. The van der Waals surface area contributed by atoms with Crippen LogP contribution in [0.3, 0.4) is 0 Å². The van der Waals surface area contributed by atoms with Crippen molar-refractivity contribution in [2.45, 2.75) is 26.9 Å². The number of ether oxygens (including phenoxy) is 2. The molecular formula is C22H27ClN2O3. The standard InChI is InChI=1S/C22H27ClN2O3/c1-15-13-20(14-16(2)21(15)23)28-17(3)22(26)25-11-9-24(10-12-25)18-5-7-19(27-4)8-6-18/h5-8,13-14,17H,9-12H2,1-4H3/t17-/m1/s1. The second kappa shape index (κ2) is 8.74. The Balaban J connectivity index is 1.56. The Morgan fingerprint density at radius 3 is 2.11 bits per heavy atom. The van der Waals surface area contributed by atoms with Gasteiger partial charge in [0.15, 0.2) is 6.10 Å². The number of hydrogen-bond acceptors (Lipinski definition) is 4. The quantitative estimate of drug-likeness (QED) is 0.755. The lowest BCUT2D eigenvalue weighted by atomic mass is 10.1. The summed E-state index contributed by atoms with van der Waals surface area (Å²) in [5.41, 5.74) is 3.04. The number of piperazine rings is 1. The van der Waals surface area contributed by atoms with Crippen LogP contribution >= 0.6 is 11.6 Å². The Labute approximate surface area is 171 Å². The van der Waals surface area contributed by atoms with E-state index in [1.165, 1.54) is 0 Å². The van der Waals surface area contributed by atoms with Gasteiger partial charge in [-0.05, 0) is 68.3 Å². The van der Waals surface area contributed by atoms with Gasteiger partial charge in [0.25, 0.3) is 5.91 Å². The lowest BCUT2D eigenvalue weighted by molar-refractivity contribution is -0.138. The molecule has 0 unspecified atom stereocenters. The van der Waals surface area contributed by atoms with Crippen LogP contribution in [0.5, 0.6) is 11.5 Å². The number of carbonyl (C=O) groups excluding carboxylic acids is 1. The summed E-state index contributed by atoms with van der Waals surface area (Å²) in [7, 11) is 1.66. The molecule has 0 aromatic heterocycles. The first-order valence-corrected chi connectivity index (χ1v) is 9.88. The first-order valence-electron chi connectivity index (χ1n) is 9.50. The van der Waals surface area contributed by atoms with Crippen LogP contribution in [-0.2, 0) is 4.79 Å². The Morgan fingerprint density at radius 1 is 1.00 bits per heavy atom. The highest BCUT2D eigenvalue weighted by Crippen LogP contribution is 2.27. The molecule has 0 aliphatic carbocycles. The fourth-order valence-electron chi connectivity index (χ4n) is 3.46. The summed E-state index contributed by atoms with van der Waals surface area (Å²) in [6.45, 7) is 8.62. The summed E-state index contributed by atoms with van der Waals surface area (Å²) in [5.74, 6) is 1.54. The van der Waals surface area contributed by atoms with Gasteiger partial charge in [0.05, 0.1) is 7.11 Å². The summed E-state index contributed by atoms with van der Waals surface area (Å²) in [4.78, 5) is 17.0. The fraction of sp³-hybridized carbons (Fsp3) is 0.409. The summed E-state index contributed by atoms with van der Waals surface area (Å²) in [6, 6.07) is 11.8. The van der Waals surface area contributed by atoms with E-state index < -0.39 is 6.10 Å². The monoisotopic (exact) mass is 402 g/mol. The van der Waals surface area contributed by atoms with Crippen LogP contribution in [0.4, 0.5) is 5.69 Å². The number of aryl methyl sites for hydroxylation is 2. The van der Waals surface area contributed by atoms with Gasteiger partial charge in [-0.3, -0.25) is 4.79 Å². The van der Waals surface area contributed by atoms with Crippen molar-refractivity contribution in [2.75, 3.05) is 38.2 Å². The molecule has 28 heavy (non-hydrogen) atoms. The van der Waals surface area contributed by atoms with Crippen molar-refractivity contribution in [3.63, 3.8) is 0 Å². The number of hydrogen-bond donors (Lipinski definition) is 0. The zero-order valence-electron chi connectivity index (χ0n) is 16.9. The third kappa shape index (κ3) is 4.53. The SMILES string of the molecule is COc1ccc(N2CCN(C(=O)[C@@H](C)Oc3cc(C)c(Cl)c(C)c3)CC2)cc1. The van der Waals surface area contributed by atoms with Crippen LogP contribution in [0.25, 0.3) is 0 Å². The zero-order valence-corrected chi connectivity index (χ0v) is 17.6. The van der Waals surface area contributed by atoms with E-state index in [-0.39, 0.29) is 5.91 Å². The minimum Gasteiger partial charge on any atom is -0.497 e. The topological polar surface area (TPSA) is 42.0 Å². The third-order valence-corrected chi connectivity index (χ3v) is 5.70. The molecule has 3 rings (SSSR count). The minimum absolute atomic E-state index is 0.0136. The summed E-state index contributed by atoms with van der Waals surface area (Å²) in [5, 5.41) is 0.737. The second-order valence-corrected chi connectivity index (χ2v) is 7.52. The smallest absolute Gasteiger partial charge is 0.263 e. The molecule has 1 fully saturated rings. The van der Waals surface area contributed by atoms with Crippen molar-refractivity contribution in [2.24, 2.45) is 0 Å². The maximum absolute atomic E-state index is 12.8. The molecule has 150 valence electrons. The number of nitrogens with zero attached hydrogens (tertiary/aromatic N) is 2. The molecule has 0 saturated carbocycles. The van der Waals surface area contributed by atoms with E-state index in [0.29, 0.717) is 18.8 Å². The normalized spacial score (nSPS) is 15.3. The maximum atomic E-state index is 12.8. The molecule has 6 heteroatoms. The van der Waals surface area contributed by atoms with E-state index >= 15 is 0 Å². The van der Waals surface area contributed by atoms with Gasteiger partial charge in [-0.15, -0.1) is 0 Å². The molecule has 1 amide bonds. The summed E-state index contributed by atoms with van der Waals surface area (Å²) < 4.78 is 11.1. The molecule has 1 saturated heterocycles. The predicted molar refractivity (Wildman–Crippen MR) is 113 cm³/mol. The molecule has 1 aliphatic heterocycles. The maximum Gasteiger partial charge on any atom is 0.263 e. The lowest BCUT2D eigenvalue weighted by Crippen LogP contribution is -2.52. The van der Waals surface area contributed by atoms with Gasteiger partial charge >= 0.3 is 0 Å². The van der Waals surface area contributed by atoms with E-state index in [4.69, 9.17) is 21.1 Å². The van der Waals surface area contributed by atoms with Crippen molar-refractivity contribution >= 4 is 23.2 Å². The van der Waals surface area contributed by atoms with Crippen molar-refractivity contribution in [3.05, 3.63) is 52.5 Å². The van der Waals surface area contributed by atoms with E-state index in [1.54, 1.807) is 14.0 Å². The van der Waals surface area contributed by atoms with E-state index in [0.717, 1.165) is 40.7 Å². The highest BCUT2D eigenvalue weighted by molar-refractivity contribution is 6.32. The highest BCUT2D eigenvalue weighted by Gasteiger charge is 2.26. The number of benzene rings is 2. The molecule has 0 spiro atoms. The van der Waals surface area contributed by atoms with Crippen LogP contribution in [0.15, 0.2) is 36.4 Å². The largest absolute Gasteiger partial charge is 0.497 e. The van der Waals surface area contributed by atoms with Crippen molar-refractivity contribution in [3.8, 4) is 11.5 Å². The van der Waals surface area contributed by atoms with Crippen molar-refractivity contribution < 1.29 is 14.3 Å². The van der Waals surface area contributed by atoms with Crippen LogP contribution < -0.4 is 14.4 Å². The second-order valence-electron chi connectivity index (χ2n) is 7.14. The fourth-order valence-corrected chi connectivity index (χ4v) is 3.57. The van der Waals surface area contributed by atoms with Crippen molar-refractivity contribution in [1.29, 1.82) is 0 Å². The molecule has 0 bridgehead atoms. The minimum atomic E-state index is -0.535. The van der Waals surface area contributed by atoms with E-state index in [9.17, 15) is 4.79 Å². The van der Waals surface area contributed by atoms with Gasteiger partial charge in [-0.25, -0.2) is 0 Å². The van der Waals surface area contributed by atoms with E-state index in [2.05, 4.69) is 4.90 Å². The van der Waals surface area contributed by atoms with Crippen molar-refractivity contribution in [1.82, 2.24) is 4.90 Å². The molecule has 1 atom stereocenters. The van der Waals surface area contributed by atoms with Gasteiger partial charge in [0.2, 0.25) is 0 Å². The molecule has 1 heterocycles. The Hall–Kier alpha value is -2.40. The number of anilines is 1. The molecular weight excluding hydrogens is 376 g/mol. The van der Waals surface area contributed by atoms with E-state index in [1.807, 2.05) is 55.1 Å². The number of halogens is 1. The molecule has 1 aliphatic rings. The van der Waals surface area contributed by atoms with Gasteiger partial charge < -0.3 is 19.3 Å². The van der Waals surface area contributed by atoms with Crippen LogP contribution in [-0.4, -0.2) is 50.2 Å². The Morgan fingerprint density at radius 2 is 1.57 bits per heavy atom. The Kier molecular flexibility index (Phi) is 6.35. The molecule has 2 aromatic carbocycles. The number of rotatable bonds is 5. The molecule has 0 radical (unpaired) electrons. The number of carbonyl (C=O) groups is 1. The van der Waals surface area contributed by atoms with Gasteiger partial charge in [-0.1, -0.05) is 11.6 Å². The van der Waals surface area contributed by atoms with Gasteiger partial charge in [-0.2, -0.15) is 0 Å².